The Kier molecular flexibility index (Phi) is 8.32. The normalized spacial score (nSPS) is 12.2. The van der Waals surface area contributed by atoms with E-state index in [2.05, 4.69) is 46.8 Å². The number of esters is 1. The highest BCUT2D eigenvalue weighted by molar-refractivity contribution is 6.01. The Morgan fingerprint density at radius 1 is 0.622 bits per heavy atom. The van der Waals surface area contributed by atoms with Crippen molar-refractivity contribution in [2.75, 3.05) is 0 Å². The van der Waals surface area contributed by atoms with E-state index in [1.165, 1.54) is 5.56 Å². The lowest BCUT2D eigenvalue weighted by Gasteiger charge is -2.28. The Bertz CT molecular complexity index is 1210. The first-order chi connectivity index (χ1) is 17.3. The number of hydrogen-bond acceptors (Lipinski definition) is 4. The highest BCUT2D eigenvalue weighted by atomic mass is 16.5. The summed E-state index contributed by atoms with van der Waals surface area (Å²) >= 11 is 0. The van der Waals surface area contributed by atoms with Crippen molar-refractivity contribution in [2.24, 2.45) is 5.41 Å². The largest absolute Gasteiger partial charge is 0.488 e. The van der Waals surface area contributed by atoms with Crippen molar-refractivity contribution in [3.05, 3.63) is 95.1 Å². The summed E-state index contributed by atoms with van der Waals surface area (Å²) in [7, 11) is 0. The average molecular weight is 501 g/mol. The first kappa shape index (κ1) is 28.2. The Hall–Kier alpha value is -3.40. The van der Waals surface area contributed by atoms with Crippen LogP contribution in [0.5, 0.6) is 11.5 Å². The zero-order chi connectivity index (χ0) is 27.4. The molecule has 4 heteroatoms. The zero-order valence-electron chi connectivity index (χ0n) is 23.5. The second kappa shape index (κ2) is 10.9. The minimum atomic E-state index is -0.452. The molecule has 0 bridgehead atoms. The van der Waals surface area contributed by atoms with Gasteiger partial charge >= 0.3 is 5.97 Å². The molecule has 0 heterocycles. The standard InChI is InChI=1S/C33H40O4/c1-9-31(3,4)29(34)23-11-13-24(14-12-23)30(35)36-27-19-15-25(16-20-27)33(7,8)26-17-21-28(22-18-26)37-32(5,6)10-2/h11-22H,9-10H2,1-8H3. The molecule has 37 heavy (non-hydrogen) atoms. The number of benzene rings is 3. The second-order valence-corrected chi connectivity index (χ2v) is 11.4. The average Bonchev–Trinajstić information content (AvgIpc) is 2.88. The molecule has 4 nitrogen and oxygen atoms in total. The number of ether oxygens (including phenoxy) is 2. The van der Waals surface area contributed by atoms with Crippen LogP contribution in [0.25, 0.3) is 0 Å². The van der Waals surface area contributed by atoms with Gasteiger partial charge in [-0.2, -0.15) is 0 Å². The van der Waals surface area contributed by atoms with E-state index in [0.29, 0.717) is 16.9 Å². The summed E-state index contributed by atoms with van der Waals surface area (Å²) in [5.74, 6) is 0.953. The topological polar surface area (TPSA) is 52.6 Å². The van der Waals surface area contributed by atoms with Gasteiger partial charge in [-0.15, -0.1) is 0 Å². The predicted molar refractivity (Wildman–Crippen MR) is 150 cm³/mol. The van der Waals surface area contributed by atoms with Crippen molar-refractivity contribution in [1.82, 2.24) is 0 Å². The van der Waals surface area contributed by atoms with Gasteiger partial charge in [0.15, 0.2) is 5.78 Å². The van der Waals surface area contributed by atoms with Gasteiger partial charge in [0.05, 0.1) is 5.56 Å². The molecule has 0 unspecified atom stereocenters. The Balaban J connectivity index is 1.68. The number of hydrogen-bond donors (Lipinski definition) is 0. The fraction of sp³-hybridized carbons (Fsp3) is 0.394. The third-order valence-corrected chi connectivity index (χ3v) is 7.49. The molecule has 0 N–H and O–H groups in total. The summed E-state index contributed by atoms with van der Waals surface area (Å²) in [5, 5.41) is 0. The molecule has 0 saturated heterocycles. The fourth-order valence-electron chi connectivity index (χ4n) is 3.91. The molecule has 0 aliphatic rings. The second-order valence-electron chi connectivity index (χ2n) is 11.4. The maximum Gasteiger partial charge on any atom is 0.343 e. The van der Waals surface area contributed by atoms with Crippen LogP contribution in [0.1, 0.15) is 100 Å². The van der Waals surface area contributed by atoms with Gasteiger partial charge in [-0.3, -0.25) is 4.79 Å². The smallest absolute Gasteiger partial charge is 0.343 e. The molecule has 196 valence electrons. The van der Waals surface area contributed by atoms with E-state index in [1.54, 1.807) is 24.3 Å². The van der Waals surface area contributed by atoms with Crippen LogP contribution >= 0.6 is 0 Å². The molecule has 0 fully saturated rings. The van der Waals surface area contributed by atoms with Gasteiger partial charge in [0.1, 0.15) is 17.1 Å². The summed E-state index contributed by atoms with van der Waals surface area (Å²) in [6, 6.07) is 22.5. The van der Waals surface area contributed by atoms with Gasteiger partial charge in [-0.1, -0.05) is 77.9 Å². The summed E-state index contributed by atoms with van der Waals surface area (Å²) in [6.45, 7) is 16.5. The molecule has 0 aromatic heterocycles. The SMILES string of the molecule is CCC(C)(C)Oc1ccc(C(C)(C)c2ccc(OC(=O)c3ccc(C(=O)C(C)(C)CC)cc3)cc2)cc1. The van der Waals surface area contributed by atoms with Gasteiger partial charge in [-0.25, -0.2) is 4.79 Å². The quantitative estimate of drug-likeness (QED) is 0.159. The molecule has 0 aliphatic carbocycles. The number of carbonyl (C=O) groups is 2. The molecule has 0 spiro atoms. The Morgan fingerprint density at radius 2 is 1.08 bits per heavy atom. The van der Waals surface area contributed by atoms with Gasteiger partial charge in [0, 0.05) is 16.4 Å². The minimum absolute atomic E-state index is 0.0695. The monoisotopic (exact) mass is 500 g/mol. The molecular formula is C33H40O4. The van der Waals surface area contributed by atoms with Crippen LogP contribution in [-0.4, -0.2) is 17.4 Å². The lowest BCUT2D eigenvalue weighted by molar-refractivity contribution is 0.0733. The van der Waals surface area contributed by atoms with Crippen LogP contribution in [0.3, 0.4) is 0 Å². The Morgan fingerprint density at radius 3 is 1.54 bits per heavy atom. The first-order valence-electron chi connectivity index (χ1n) is 13.1. The van der Waals surface area contributed by atoms with Crippen LogP contribution in [0, 0.1) is 5.41 Å². The van der Waals surface area contributed by atoms with E-state index in [4.69, 9.17) is 9.47 Å². The van der Waals surface area contributed by atoms with Crippen molar-refractivity contribution in [2.45, 2.75) is 79.2 Å². The van der Waals surface area contributed by atoms with Crippen LogP contribution in [-0.2, 0) is 5.41 Å². The maximum absolute atomic E-state index is 12.7. The minimum Gasteiger partial charge on any atom is -0.488 e. The number of carbonyl (C=O) groups excluding carboxylic acids is 2. The van der Waals surface area contributed by atoms with Crippen molar-refractivity contribution < 1.29 is 19.1 Å². The zero-order valence-corrected chi connectivity index (χ0v) is 23.5. The van der Waals surface area contributed by atoms with Crippen LogP contribution < -0.4 is 9.47 Å². The van der Waals surface area contributed by atoms with Crippen LogP contribution in [0.2, 0.25) is 0 Å². The predicted octanol–water partition coefficient (Wildman–Crippen LogP) is 8.42. The lowest BCUT2D eigenvalue weighted by Crippen LogP contribution is -2.26. The van der Waals surface area contributed by atoms with Crippen LogP contribution in [0.4, 0.5) is 0 Å². The third kappa shape index (κ3) is 6.68. The van der Waals surface area contributed by atoms with E-state index >= 15 is 0 Å². The van der Waals surface area contributed by atoms with E-state index in [-0.39, 0.29) is 16.8 Å². The van der Waals surface area contributed by atoms with E-state index in [0.717, 1.165) is 24.2 Å². The summed E-state index contributed by atoms with van der Waals surface area (Å²) < 4.78 is 11.7. The highest BCUT2D eigenvalue weighted by Gasteiger charge is 2.27. The molecule has 3 aromatic carbocycles. The Labute approximate surface area is 222 Å². The molecule has 3 aromatic rings. The molecule has 3 rings (SSSR count). The maximum atomic E-state index is 12.7. The van der Waals surface area contributed by atoms with Gasteiger partial charge in [-0.05, 0) is 74.2 Å². The lowest BCUT2D eigenvalue weighted by atomic mass is 9.78. The molecule has 0 amide bonds. The molecule has 0 saturated carbocycles. The molecule has 0 radical (unpaired) electrons. The van der Waals surface area contributed by atoms with Crippen molar-refractivity contribution >= 4 is 11.8 Å². The molecule has 0 aliphatic heterocycles. The van der Waals surface area contributed by atoms with Gasteiger partial charge in [0.2, 0.25) is 0 Å². The summed E-state index contributed by atoms with van der Waals surface area (Å²) in [6.07, 6.45) is 1.68. The van der Waals surface area contributed by atoms with Gasteiger partial charge < -0.3 is 9.47 Å². The molecular weight excluding hydrogens is 460 g/mol. The number of rotatable bonds is 10. The third-order valence-electron chi connectivity index (χ3n) is 7.49. The van der Waals surface area contributed by atoms with Gasteiger partial charge in [0.25, 0.3) is 0 Å². The number of Topliss-reactive ketones (excluding diaryl/α,β-unsaturated/α-hetero) is 1. The summed E-state index contributed by atoms with van der Waals surface area (Å²) in [5.41, 5.74) is 2.41. The van der Waals surface area contributed by atoms with Crippen molar-refractivity contribution in [3.63, 3.8) is 0 Å². The first-order valence-corrected chi connectivity index (χ1v) is 13.1. The highest BCUT2D eigenvalue weighted by Crippen LogP contribution is 2.34. The van der Waals surface area contributed by atoms with Crippen LogP contribution in [0.15, 0.2) is 72.8 Å². The molecule has 0 atom stereocenters. The van der Waals surface area contributed by atoms with Crippen molar-refractivity contribution in [1.29, 1.82) is 0 Å². The van der Waals surface area contributed by atoms with E-state index in [9.17, 15) is 9.59 Å². The number of ketones is 1. The van der Waals surface area contributed by atoms with E-state index < -0.39 is 11.4 Å². The van der Waals surface area contributed by atoms with E-state index in [1.807, 2.05) is 57.2 Å². The fourth-order valence-corrected chi connectivity index (χ4v) is 3.91. The summed E-state index contributed by atoms with van der Waals surface area (Å²) in [4.78, 5) is 25.3. The van der Waals surface area contributed by atoms with Crippen molar-refractivity contribution in [3.8, 4) is 11.5 Å².